The Kier molecular flexibility index (Phi) is 2.23. The molecular formula is C9H12N4. The van der Waals surface area contributed by atoms with Crippen molar-refractivity contribution in [3.63, 3.8) is 0 Å². The Labute approximate surface area is 77.2 Å². The van der Waals surface area contributed by atoms with Gasteiger partial charge in [0.05, 0.1) is 6.54 Å². The van der Waals surface area contributed by atoms with Crippen LogP contribution in [0.2, 0.25) is 0 Å². The molecule has 0 spiro atoms. The predicted molar refractivity (Wildman–Crippen MR) is 49.4 cm³/mol. The van der Waals surface area contributed by atoms with Crippen molar-refractivity contribution < 1.29 is 0 Å². The topological polar surface area (TPSA) is 40.0 Å². The number of nitrogens with one attached hydrogen (secondary N) is 1. The molecule has 1 N–H and O–H groups in total. The summed E-state index contributed by atoms with van der Waals surface area (Å²) >= 11 is 0. The minimum absolute atomic E-state index is 0.101. The highest BCUT2D eigenvalue weighted by Gasteiger charge is 2.12. The molecule has 0 amide bonds. The van der Waals surface area contributed by atoms with Gasteiger partial charge >= 0.3 is 0 Å². The largest absolute Gasteiger partial charge is 0.205 e. The fourth-order valence-electron chi connectivity index (χ4n) is 1.24. The van der Waals surface area contributed by atoms with Crippen LogP contribution in [0.5, 0.6) is 0 Å². The first-order valence-electron chi connectivity index (χ1n) is 4.33. The second-order valence-corrected chi connectivity index (χ2v) is 3.05. The molecule has 0 radical (unpaired) electrons. The third kappa shape index (κ3) is 2.03. The van der Waals surface area contributed by atoms with E-state index in [9.17, 15) is 0 Å². The van der Waals surface area contributed by atoms with Crippen LogP contribution in [0.25, 0.3) is 0 Å². The van der Waals surface area contributed by atoms with E-state index in [-0.39, 0.29) is 6.17 Å². The summed E-state index contributed by atoms with van der Waals surface area (Å²) < 4.78 is 0. The first-order chi connectivity index (χ1) is 6.34. The van der Waals surface area contributed by atoms with E-state index in [1.165, 1.54) is 5.56 Å². The molecule has 1 aliphatic heterocycles. The van der Waals surface area contributed by atoms with E-state index in [1.54, 1.807) is 5.12 Å². The van der Waals surface area contributed by atoms with Gasteiger partial charge in [-0.2, -0.15) is 5.43 Å². The molecule has 1 aliphatic rings. The molecule has 4 heteroatoms. The molecule has 0 saturated heterocycles. The maximum Gasteiger partial charge on any atom is 0.138 e. The summed E-state index contributed by atoms with van der Waals surface area (Å²) in [6.45, 7) is 2.73. The zero-order valence-corrected chi connectivity index (χ0v) is 7.51. The normalized spacial score (nSPS) is 21.0. The van der Waals surface area contributed by atoms with E-state index in [1.807, 2.05) is 25.1 Å². The second kappa shape index (κ2) is 3.53. The molecule has 13 heavy (non-hydrogen) atoms. The van der Waals surface area contributed by atoms with Gasteiger partial charge in [-0.05, 0) is 12.5 Å². The van der Waals surface area contributed by atoms with Crippen molar-refractivity contribution in [2.24, 2.45) is 10.3 Å². The molecule has 4 nitrogen and oxygen atoms in total. The Balaban J connectivity index is 1.96. The van der Waals surface area contributed by atoms with Gasteiger partial charge in [0.15, 0.2) is 0 Å². The number of benzene rings is 1. The highest BCUT2D eigenvalue weighted by molar-refractivity contribution is 5.14. The van der Waals surface area contributed by atoms with Crippen LogP contribution in [-0.2, 0) is 6.54 Å². The monoisotopic (exact) mass is 176 g/mol. The van der Waals surface area contributed by atoms with Gasteiger partial charge in [0.25, 0.3) is 0 Å². The standard InChI is InChI=1S/C9H12N4/c1-8-10-12-13(11-8)7-9-5-3-2-4-6-9/h2-6,8,11H,7H2,1H3/t8-/m1/s1. The van der Waals surface area contributed by atoms with Crippen LogP contribution in [0.15, 0.2) is 40.7 Å². The third-order valence-corrected chi connectivity index (χ3v) is 1.84. The summed E-state index contributed by atoms with van der Waals surface area (Å²) in [4.78, 5) is 0. The Morgan fingerprint density at radius 3 is 2.77 bits per heavy atom. The van der Waals surface area contributed by atoms with Crippen molar-refractivity contribution in [3.8, 4) is 0 Å². The molecule has 2 rings (SSSR count). The average Bonchev–Trinajstić information content (AvgIpc) is 2.53. The Morgan fingerprint density at radius 1 is 1.38 bits per heavy atom. The van der Waals surface area contributed by atoms with Gasteiger partial charge in [-0.3, -0.25) is 0 Å². The Hall–Kier alpha value is -1.42. The number of rotatable bonds is 2. The highest BCUT2D eigenvalue weighted by atomic mass is 15.8. The van der Waals surface area contributed by atoms with Crippen LogP contribution in [0.1, 0.15) is 12.5 Å². The quantitative estimate of drug-likeness (QED) is 0.745. The molecule has 0 aromatic heterocycles. The zero-order chi connectivity index (χ0) is 9.10. The minimum atomic E-state index is 0.101. The summed E-state index contributed by atoms with van der Waals surface area (Å²) in [6.07, 6.45) is 0.101. The van der Waals surface area contributed by atoms with Crippen LogP contribution in [0.3, 0.4) is 0 Å². The zero-order valence-electron chi connectivity index (χ0n) is 7.51. The lowest BCUT2D eigenvalue weighted by molar-refractivity contribution is 0.204. The average molecular weight is 176 g/mol. The lowest BCUT2D eigenvalue weighted by Crippen LogP contribution is -2.32. The van der Waals surface area contributed by atoms with E-state index >= 15 is 0 Å². The lowest BCUT2D eigenvalue weighted by atomic mass is 10.2. The van der Waals surface area contributed by atoms with Gasteiger partial charge in [-0.1, -0.05) is 35.6 Å². The van der Waals surface area contributed by atoms with Gasteiger partial charge in [0, 0.05) is 0 Å². The van der Waals surface area contributed by atoms with Crippen molar-refractivity contribution in [2.75, 3.05) is 0 Å². The summed E-state index contributed by atoms with van der Waals surface area (Å²) in [5.41, 5.74) is 4.33. The fraction of sp³-hybridized carbons (Fsp3) is 0.333. The van der Waals surface area contributed by atoms with Crippen LogP contribution in [0.4, 0.5) is 0 Å². The van der Waals surface area contributed by atoms with Crippen LogP contribution < -0.4 is 5.43 Å². The molecule has 0 unspecified atom stereocenters. The predicted octanol–water partition coefficient (Wildman–Crippen LogP) is 1.72. The van der Waals surface area contributed by atoms with E-state index < -0.39 is 0 Å². The highest BCUT2D eigenvalue weighted by Crippen LogP contribution is 2.07. The molecule has 1 heterocycles. The molecule has 1 atom stereocenters. The van der Waals surface area contributed by atoms with Gasteiger partial charge in [0.1, 0.15) is 6.17 Å². The van der Waals surface area contributed by atoms with E-state index in [0.29, 0.717) is 0 Å². The van der Waals surface area contributed by atoms with Gasteiger partial charge in [-0.25, -0.2) is 5.12 Å². The Morgan fingerprint density at radius 2 is 2.15 bits per heavy atom. The molecule has 0 fully saturated rings. The first-order valence-corrected chi connectivity index (χ1v) is 4.33. The fourth-order valence-corrected chi connectivity index (χ4v) is 1.24. The molecule has 0 bridgehead atoms. The maximum atomic E-state index is 3.96. The molecular weight excluding hydrogens is 164 g/mol. The summed E-state index contributed by atoms with van der Waals surface area (Å²) in [5.74, 6) is 0. The number of nitrogens with zero attached hydrogens (tertiary/aromatic N) is 3. The Bertz CT molecular complexity index is 296. The van der Waals surface area contributed by atoms with Crippen LogP contribution in [-0.4, -0.2) is 11.3 Å². The summed E-state index contributed by atoms with van der Waals surface area (Å²) in [6, 6.07) is 10.2. The minimum Gasteiger partial charge on any atom is -0.205 e. The van der Waals surface area contributed by atoms with Crippen molar-refractivity contribution in [1.82, 2.24) is 10.5 Å². The van der Waals surface area contributed by atoms with Crippen molar-refractivity contribution >= 4 is 0 Å². The van der Waals surface area contributed by atoms with Gasteiger partial charge in [0.2, 0.25) is 0 Å². The van der Waals surface area contributed by atoms with Crippen molar-refractivity contribution in [1.29, 1.82) is 0 Å². The van der Waals surface area contributed by atoms with Crippen LogP contribution >= 0.6 is 0 Å². The molecule has 68 valence electrons. The van der Waals surface area contributed by atoms with Gasteiger partial charge in [-0.15, -0.1) is 5.11 Å². The summed E-state index contributed by atoms with van der Waals surface area (Å²) in [5, 5.41) is 9.66. The smallest absolute Gasteiger partial charge is 0.138 e. The third-order valence-electron chi connectivity index (χ3n) is 1.84. The molecule has 1 aromatic carbocycles. The molecule has 0 aliphatic carbocycles. The number of hydrazine groups is 1. The van der Waals surface area contributed by atoms with E-state index in [0.717, 1.165) is 6.54 Å². The van der Waals surface area contributed by atoms with E-state index in [2.05, 4.69) is 27.9 Å². The SMILES string of the molecule is C[C@@H]1N=NN(Cc2ccccc2)N1. The van der Waals surface area contributed by atoms with Crippen LogP contribution in [0, 0.1) is 0 Å². The van der Waals surface area contributed by atoms with Crippen molar-refractivity contribution in [3.05, 3.63) is 35.9 Å². The number of hydrogen-bond acceptors (Lipinski definition) is 4. The molecule has 0 saturated carbocycles. The van der Waals surface area contributed by atoms with E-state index in [4.69, 9.17) is 0 Å². The second-order valence-electron chi connectivity index (χ2n) is 3.05. The lowest BCUT2D eigenvalue weighted by Gasteiger charge is -2.12. The number of hydrogen-bond donors (Lipinski definition) is 1. The summed E-state index contributed by atoms with van der Waals surface area (Å²) in [7, 11) is 0. The van der Waals surface area contributed by atoms with Gasteiger partial charge < -0.3 is 0 Å². The maximum absolute atomic E-state index is 3.96. The molecule has 1 aromatic rings. The van der Waals surface area contributed by atoms with Crippen molar-refractivity contribution in [2.45, 2.75) is 19.6 Å². The first kappa shape index (κ1) is 8.19.